The van der Waals surface area contributed by atoms with Gasteiger partial charge < -0.3 is 4.74 Å². The molecule has 1 N–H and O–H groups in total. The van der Waals surface area contributed by atoms with Crippen LogP contribution < -0.4 is 4.74 Å². The van der Waals surface area contributed by atoms with Crippen molar-refractivity contribution in [2.24, 2.45) is 5.10 Å². The molecule has 0 unspecified atom stereocenters. The molecule has 1 heterocycles. The molecule has 0 saturated heterocycles. The zero-order valence-corrected chi connectivity index (χ0v) is 14.5. The molecule has 2 rings (SSSR count). The number of hydrogen-bond donors (Lipinski definition) is 1. The second-order valence-electron chi connectivity index (χ2n) is 5.43. The average Bonchev–Trinajstić information content (AvgIpc) is 2.92. The Bertz CT molecular complexity index is 810. The van der Waals surface area contributed by atoms with Gasteiger partial charge in [0.2, 0.25) is 4.77 Å². The van der Waals surface area contributed by atoms with Gasteiger partial charge in [-0.3, -0.25) is 15.2 Å². The van der Waals surface area contributed by atoms with Gasteiger partial charge in [-0.2, -0.15) is 14.9 Å². The third kappa shape index (κ3) is 4.05. The highest BCUT2D eigenvalue weighted by atomic mass is 32.1. The maximum absolute atomic E-state index is 11.2. The lowest BCUT2D eigenvalue weighted by Crippen LogP contribution is -2.02. The molecule has 9 heteroatoms. The smallest absolute Gasteiger partial charge is 0.311 e. The molecule has 0 bridgehead atoms. The lowest BCUT2D eigenvalue weighted by Gasteiger charge is -2.06. The van der Waals surface area contributed by atoms with Gasteiger partial charge in [-0.1, -0.05) is 20.8 Å². The fourth-order valence-electron chi connectivity index (χ4n) is 2.00. The third-order valence-electron chi connectivity index (χ3n) is 3.16. The molecule has 0 atom stereocenters. The van der Waals surface area contributed by atoms with E-state index in [2.05, 4.69) is 15.3 Å². The molecule has 1 aromatic heterocycles. The zero-order chi connectivity index (χ0) is 17.7. The second kappa shape index (κ2) is 7.82. The van der Waals surface area contributed by atoms with Crippen molar-refractivity contribution in [2.75, 3.05) is 6.61 Å². The van der Waals surface area contributed by atoms with Crippen molar-refractivity contribution in [1.29, 1.82) is 0 Å². The molecule has 0 aliphatic heterocycles. The van der Waals surface area contributed by atoms with Crippen molar-refractivity contribution in [3.05, 3.63) is 44.5 Å². The van der Waals surface area contributed by atoms with E-state index in [0.717, 1.165) is 6.42 Å². The predicted octanol–water partition coefficient (Wildman–Crippen LogP) is 3.64. The van der Waals surface area contributed by atoms with E-state index in [4.69, 9.17) is 17.0 Å². The quantitative estimate of drug-likeness (QED) is 0.356. The Labute approximate surface area is 144 Å². The van der Waals surface area contributed by atoms with Crippen LogP contribution in [0.3, 0.4) is 0 Å². The minimum atomic E-state index is -0.467. The highest BCUT2D eigenvalue weighted by Crippen LogP contribution is 2.27. The van der Waals surface area contributed by atoms with Crippen molar-refractivity contribution in [2.45, 2.75) is 33.1 Å². The maximum Gasteiger partial charge on any atom is 0.311 e. The van der Waals surface area contributed by atoms with Crippen molar-refractivity contribution < 1.29 is 9.66 Å². The van der Waals surface area contributed by atoms with E-state index in [0.29, 0.717) is 22.8 Å². The minimum Gasteiger partial charge on any atom is -0.487 e. The topological polar surface area (TPSA) is 98.3 Å². The molecule has 0 saturated carbocycles. The highest BCUT2D eigenvalue weighted by molar-refractivity contribution is 7.71. The van der Waals surface area contributed by atoms with E-state index in [9.17, 15) is 10.1 Å². The summed E-state index contributed by atoms with van der Waals surface area (Å²) in [6.07, 6.45) is 2.28. The van der Waals surface area contributed by atoms with Crippen LogP contribution in [0.5, 0.6) is 5.75 Å². The van der Waals surface area contributed by atoms with Gasteiger partial charge in [0.1, 0.15) is 0 Å². The number of nitrogens with one attached hydrogen (secondary N) is 1. The summed E-state index contributed by atoms with van der Waals surface area (Å²) in [5.74, 6) is 1.07. The lowest BCUT2D eigenvalue weighted by atomic mass is 10.2. The molecule has 8 nitrogen and oxygen atoms in total. The van der Waals surface area contributed by atoms with E-state index in [-0.39, 0.29) is 17.4 Å². The Hall–Kier alpha value is -2.55. The van der Waals surface area contributed by atoms with Crippen molar-refractivity contribution in [3.8, 4) is 5.75 Å². The number of H-pyrrole nitrogens is 1. The number of rotatable bonds is 7. The normalized spacial score (nSPS) is 11.3. The summed E-state index contributed by atoms with van der Waals surface area (Å²) in [5, 5.41) is 22.3. The largest absolute Gasteiger partial charge is 0.487 e. The summed E-state index contributed by atoms with van der Waals surface area (Å²) in [5.41, 5.74) is 0.482. The van der Waals surface area contributed by atoms with Crippen LogP contribution in [0.4, 0.5) is 5.69 Å². The third-order valence-corrected chi connectivity index (χ3v) is 3.42. The van der Waals surface area contributed by atoms with Crippen LogP contribution in [0, 0.1) is 14.9 Å². The van der Waals surface area contributed by atoms with E-state index >= 15 is 0 Å². The van der Waals surface area contributed by atoms with E-state index in [1.165, 1.54) is 17.0 Å². The molecule has 24 heavy (non-hydrogen) atoms. The first-order chi connectivity index (χ1) is 11.4. The summed E-state index contributed by atoms with van der Waals surface area (Å²) in [6, 6.07) is 4.71. The van der Waals surface area contributed by atoms with Crippen molar-refractivity contribution >= 4 is 24.1 Å². The molecule has 2 aromatic rings. The Morgan fingerprint density at radius 3 is 2.92 bits per heavy atom. The summed E-state index contributed by atoms with van der Waals surface area (Å²) >= 11 is 5.15. The summed E-state index contributed by atoms with van der Waals surface area (Å²) in [6.45, 7) is 6.31. The van der Waals surface area contributed by atoms with Gasteiger partial charge in [-0.15, -0.1) is 0 Å². The van der Waals surface area contributed by atoms with Gasteiger partial charge >= 0.3 is 5.69 Å². The molecule has 0 radical (unpaired) electrons. The van der Waals surface area contributed by atoms with Gasteiger partial charge in [0, 0.05) is 17.5 Å². The van der Waals surface area contributed by atoms with E-state index in [1.807, 2.05) is 20.8 Å². The number of ether oxygens (including phenoxy) is 1. The van der Waals surface area contributed by atoms with Crippen LogP contribution in [0.2, 0.25) is 0 Å². The molecular formula is C15H19N5O3S. The van der Waals surface area contributed by atoms with E-state index < -0.39 is 4.92 Å². The highest BCUT2D eigenvalue weighted by Gasteiger charge is 2.15. The van der Waals surface area contributed by atoms with E-state index in [1.54, 1.807) is 12.1 Å². The lowest BCUT2D eigenvalue weighted by molar-refractivity contribution is -0.385. The first-order valence-corrected chi connectivity index (χ1v) is 7.97. The van der Waals surface area contributed by atoms with Crippen LogP contribution in [-0.4, -0.2) is 32.6 Å². The Morgan fingerprint density at radius 1 is 1.54 bits per heavy atom. The monoisotopic (exact) mass is 349 g/mol. The van der Waals surface area contributed by atoms with Gasteiger partial charge in [-0.25, -0.2) is 0 Å². The van der Waals surface area contributed by atoms with Crippen LogP contribution in [0.15, 0.2) is 23.3 Å². The predicted molar refractivity (Wildman–Crippen MR) is 93.4 cm³/mol. The molecule has 0 fully saturated rings. The molecule has 0 aliphatic rings. The Morgan fingerprint density at radius 2 is 2.29 bits per heavy atom. The van der Waals surface area contributed by atoms with Crippen molar-refractivity contribution in [1.82, 2.24) is 14.9 Å². The molecule has 128 valence electrons. The van der Waals surface area contributed by atoms with Gasteiger partial charge in [-0.05, 0) is 30.8 Å². The van der Waals surface area contributed by atoms with Crippen LogP contribution >= 0.6 is 12.2 Å². The molecule has 1 aromatic carbocycles. The minimum absolute atomic E-state index is 0.0905. The molecule has 0 spiro atoms. The Balaban J connectivity index is 2.33. The maximum atomic E-state index is 11.2. The number of aromatic amines is 1. The second-order valence-corrected chi connectivity index (χ2v) is 5.82. The number of nitro benzene ring substituents is 1. The van der Waals surface area contributed by atoms with Crippen LogP contribution in [-0.2, 0) is 0 Å². The van der Waals surface area contributed by atoms with Crippen LogP contribution in [0.25, 0.3) is 0 Å². The van der Waals surface area contributed by atoms with Gasteiger partial charge in [0.05, 0.1) is 17.7 Å². The Kier molecular flexibility index (Phi) is 5.80. The van der Waals surface area contributed by atoms with Gasteiger partial charge in [0.25, 0.3) is 0 Å². The fourth-order valence-corrected chi connectivity index (χ4v) is 2.19. The molecular weight excluding hydrogens is 330 g/mol. The van der Waals surface area contributed by atoms with Gasteiger partial charge in [0.15, 0.2) is 11.6 Å². The molecule has 0 aliphatic carbocycles. The summed E-state index contributed by atoms with van der Waals surface area (Å²) < 4.78 is 7.27. The number of aromatic nitrogens is 3. The number of benzene rings is 1. The van der Waals surface area contributed by atoms with Crippen molar-refractivity contribution in [3.63, 3.8) is 0 Å². The number of hydrogen-bond acceptors (Lipinski definition) is 6. The summed E-state index contributed by atoms with van der Waals surface area (Å²) in [4.78, 5) is 10.7. The average molecular weight is 349 g/mol. The zero-order valence-electron chi connectivity index (χ0n) is 13.7. The first-order valence-electron chi connectivity index (χ1n) is 7.57. The first kappa shape index (κ1) is 17.8. The number of nitrogens with zero attached hydrogens (tertiary/aromatic N) is 4. The standard InChI is InChI=1S/C15H19N5O3S/c1-4-7-23-13-6-5-11(8-12(13)20(21)22)9-16-19-14(10(2)3)17-18-15(19)24/h5-6,8-10H,4,7H2,1-3H3,(H,18,24)/b16-9-. The summed E-state index contributed by atoms with van der Waals surface area (Å²) in [7, 11) is 0. The number of nitro groups is 1. The molecule has 0 amide bonds. The SMILES string of the molecule is CCCOc1ccc(/C=N\n2c(C(C)C)n[nH]c2=S)cc1[N+](=O)[O-]. The van der Waals surface area contributed by atoms with Crippen LogP contribution in [0.1, 0.15) is 44.5 Å². The fraction of sp³-hybridized carbons (Fsp3) is 0.400.